The quantitative estimate of drug-likeness (QED) is 0.793. The summed E-state index contributed by atoms with van der Waals surface area (Å²) in [5.41, 5.74) is -0.254. The van der Waals surface area contributed by atoms with E-state index >= 15 is 0 Å². The first kappa shape index (κ1) is 16.5. The molecule has 2 aliphatic rings. The number of piperazine rings is 1. The maximum absolute atomic E-state index is 12.8. The van der Waals surface area contributed by atoms with Crippen LogP contribution < -0.4 is 10.5 Å². The van der Waals surface area contributed by atoms with Gasteiger partial charge in [-0.15, -0.1) is 5.10 Å². The second kappa shape index (κ2) is 6.72. The van der Waals surface area contributed by atoms with Gasteiger partial charge in [0.2, 0.25) is 10.1 Å². The molecule has 0 bridgehead atoms. The smallest absolute Gasteiger partial charge is 0.288 e. The average molecular weight is 362 g/mol. The molecule has 2 fully saturated rings. The number of rotatable bonds is 3. The molecule has 4 heterocycles. The third kappa shape index (κ3) is 3.02. The Kier molecular flexibility index (Phi) is 4.43. The van der Waals surface area contributed by atoms with Gasteiger partial charge < -0.3 is 14.7 Å². The largest absolute Gasteiger partial charge is 0.347 e. The summed E-state index contributed by atoms with van der Waals surface area (Å²) in [5.74, 6) is -0.238. The van der Waals surface area contributed by atoms with Gasteiger partial charge in [0.15, 0.2) is 0 Å². The zero-order valence-electron chi connectivity index (χ0n) is 14.3. The molecule has 0 unspecified atom stereocenters. The fourth-order valence-electron chi connectivity index (χ4n) is 3.40. The molecule has 9 heteroatoms. The van der Waals surface area contributed by atoms with Crippen molar-refractivity contribution in [3.05, 3.63) is 22.1 Å². The fraction of sp³-hybridized carbons (Fsp3) is 0.625. The van der Waals surface area contributed by atoms with E-state index in [0.717, 1.165) is 50.7 Å². The molecule has 0 saturated carbocycles. The Morgan fingerprint density at radius 1 is 1.16 bits per heavy atom. The maximum atomic E-state index is 12.8. The Bertz CT molecular complexity index is 833. The molecule has 2 aliphatic heterocycles. The molecule has 2 saturated heterocycles. The first-order valence-corrected chi connectivity index (χ1v) is 9.64. The van der Waals surface area contributed by atoms with E-state index in [9.17, 15) is 9.59 Å². The van der Waals surface area contributed by atoms with Gasteiger partial charge in [0.25, 0.3) is 11.5 Å². The van der Waals surface area contributed by atoms with E-state index in [1.807, 2.05) is 0 Å². The van der Waals surface area contributed by atoms with E-state index in [4.69, 9.17) is 0 Å². The molecule has 0 aromatic carbocycles. The lowest BCUT2D eigenvalue weighted by Crippen LogP contribution is -2.49. The number of carbonyl (C=O) groups excluding carboxylic acids is 1. The Morgan fingerprint density at radius 2 is 1.88 bits per heavy atom. The summed E-state index contributed by atoms with van der Waals surface area (Å²) in [6.07, 6.45) is 3.70. The molecule has 4 rings (SSSR count). The number of carbonyl (C=O) groups is 1. The second-order valence-corrected chi connectivity index (χ2v) is 7.41. The van der Waals surface area contributed by atoms with Crippen LogP contribution in [0.4, 0.5) is 5.13 Å². The fourth-order valence-corrected chi connectivity index (χ4v) is 4.31. The molecule has 0 aliphatic carbocycles. The Morgan fingerprint density at radius 3 is 2.56 bits per heavy atom. The van der Waals surface area contributed by atoms with E-state index in [0.29, 0.717) is 18.1 Å². The Labute approximate surface area is 149 Å². The molecule has 0 N–H and O–H groups in total. The number of likely N-dealkylation sites (N-methyl/N-ethyl adjacent to an activating group) is 1. The summed E-state index contributed by atoms with van der Waals surface area (Å²) in [6.45, 7) is 7.99. The van der Waals surface area contributed by atoms with Crippen molar-refractivity contribution >= 4 is 27.3 Å². The van der Waals surface area contributed by atoms with E-state index in [2.05, 4.69) is 26.8 Å². The van der Waals surface area contributed by atoms with Gasteiger partial charge in [-0.25, -0.2) is 4.98 Å². The number of hydrogen-bond donors (Lipinski definition) is 0. The predicted octanol–water partition coefficient (Wildman–Crippen LogP) is 0.529. The lowest BCUT2D eigenvalue weighted by molar-refractivity contribution is 0.0641. The van der Waals surface area contributed by atoms with Gasteiger partial charge in [0.05, 0.1) is 0 Å². The molecule has 2 aromatic rings. The highest BCUT2D eigenvalue weighted by atomic mass is 32.1. The lowest BCUT2D eigenvalue weighted by atomic mass is 10.2. The first-order chi connectivity index (χ1) is 12.2. The van der Waals surface area contributed by atoms with E-state index in [1.54, 1.807) is 4.90 Å². The molecular formula is C16H22N6O2S. The topological polar surface area (TPSA) is 74.1 Å². The lowest BCUT2D eigenvalue weighted by Gasteiger charge is -2.33. The summed E-state index contributed by atoms with van der Waals surface area (Å²) >= 11 is 1.40. The number of fused-ring (bicyclic) bond motifs is 1. The monoisotopic (exact) mass is 362 g/mol. The zero-order valence-corrected chi connectivity index (χ0v) is 15.2. The van der Waals surface area contributed by atoms with Gasteiger partial charge in [-0.05, 0) is 19.4 Å². The summed E-state index contributed by atoms with van der Waals surface area (Å²) < 4.78 is 1.29. The molecular weight excluding hydrogens is 340 g/mol. The Hall–Kier alpha value is -2.00. The van der Waals surface area contributed by atoms with Crippen molar-refractivity contribution < 1.29 is 4.79 Å². The van der Waals surface area contributed by atoms with Crippen LogP contribution in [0.3, 0.4) is 0 Å². The number of anilines is 1. The van der Waals surface area contributed by atoms with Crippen molar-refractivity contribution in [1.29, 1.82) is 0 Å². The van der Waals surface area contributed by atoms with E-state index in [1.165, 1.54) is 22.0 Å². The molecule has 0 spiro atoms. The van der Waals surface area contributed by atoms with Crippen LogP contribution in [-0.2, 0) is 0 Å². The highest BCUT2D eigenvalue weighted by molar-refractivity contribution is 7.20. The minimum Gasteiger partial charge on any atom is -0.347 e. The zero-order chi connectivity index (χ0) is 17.4. The van der Waals surface area contributed by atoms with Crippen LogP contribution in [0, 0.1) is 0 Å². The summed E-state index contributed by atoms with van der Waals surface area (Å²) in [4.78, 5) is 36.6. The summed E-state index contributed by atoms with van der Waals surface area (Å²) in [5, 5.41) is 5.22. The molecule has 8 nitrogen and oxygen atoms in total. The van der Waals surface area contributed by atoms with Crippen LogP contribution in [0.2, 0.25) is 0 Å². The first-order valence-electron chi connectivity index (χ1n) is 8.83. The third-order valence-electron chi connectivity index (χ3n) is 4.99. The van der Waals surface area contributed by atoms with Gasteiger partial charge in [-0.2, -0.15) is 4.52 Å². The molecule has 134 valence electrons. The van der Waals surface area contributed by atoms with Gasteiger partial charge in [-0.3, -0.25) is 9.59 Å². The highest BCUT2D eigenvalue weighted by Gasteiger charge is 2.25. The minimum absolute atomic E-state index is 0.112. The third-order valence-corrected chi connectivity index (χ3v) is 5.97. The highest BCUT2D eigenvalue weighted by Crippen LogP contribution is 2.24. The summed E-state index contributed by atoms with van der Waals surface area (Å²) in [6, 6.07) is 0. The second-order valence-electron chi connectivity index (χ2n) is 6.48. The number of amides is 1. The van der Waals surface area contributed by atoms with Gasteiger partial charge in [0.1, 0.15) is 5.56 Å². The minimum atomic E-state index is -0.366. The summed E-state index contributed by atoms with van der Waals surface area (Å²) in [7, 11) is 0. The Balaban J connectivity index is 1.60. The van der Waals surface area contributed by atoms with Crippen molar-refractivity contribution in [1.82, 2.24) is 24.4 Å². The van der Waals surface area contributed by atoms with Crippen molar-refractivity contribution in [3.63, 3.8) is 0 Å². The predicted molar refractivity (Wildman–Crippen MR) is 96.6 cm³/mol. The molecule has 25 heavy (non-hydrogen) atoms. The van der Waals surface area contributed by atoms with Gasteiger partial charge in [-0.1, -0.05) is 18.3 Å². The normalized spacial score (nSPS) is 19.1. The number of nitrogens with zero attached hydrogens (tertiary/aromatic N) is 6. The van der Waals surface area contributed by atoms with Crippen LogP contribution in [0.5, 0.6) is 0 Å². The van der Waals surface area contributed by atoms with Crippen LogP contribution in [0.1, 0.15) is 30.1 Å². The molecule has 2 aromatic heterocycles. The van der Waals surface area contributed by atoms with Crippen molar-refractivity contribution in [2.24, 2.45) is 0 Å². The van der Waals surface area contributed by atoms with Crippen LogP contribution in [0.25, 0.3) is 4.96 Å². The van der Waals surface area contributed by atoms with Crippen LogP contribution >= 0.6 is 11.3 Å². The van der Waals surface area contributed by atoms with E-state index in [-0.39, 0.29) is 17.0 Å². The average Bonchev–Trinajstić information content (AvgIpc) is 3.31. The van der Waals surface area contributed by atoms with Crippen molar-refractivity contribution in [2.75, 3.05) is 50.7 Å². The van der Waals surface area contributed by atoms with Crippen LogP contribution in [-0.4, -0.2) is 76.1 Å². The van der Waals surface area contributed by atoms with Gasteiger partial charge in [0, 0.05) is 45.5 Å². The number of aromatic nitrogens is 3. The van der Waals surface area contributed by atoms with E-state index < -0.39 is 0 Å². The van der Waals surface area contributed by atoms with Crippen LogP contribution in [0.15, 0.2) is 11.0 Å². The maximum Gasteiger partial charge on any atom is 0.288 e. The van der Waals surface area contributed by atoms with Gasteiger partial charge >= 0.3 is 0 Å². The van der Waals surface area contributed by atoms with Crippen molar-refractivity contribution in [3.8, 4) is 0 Å². The van der Waals surface area contributed by atoms with Crippen molar-refractivity contribution in [2.45, 2.75) is 19.8 Å². The molecule has 1 amide bonds. The molecule has 0 atom stereocenters. The standard InChI is InChI=1S/C16H22N6O2S/c1-2-19-7-9-20(10-8-19)13(23)12-11-17-15-22(14(12)24)18-16(25-15)21-5-3-4-6-21/h11H,2-10H2,1H3. The number of hydrogen-bond acceptors (Lipinski definition) is 7. The molecule has 0 radical (unpaired) electrons. The SMILES string of the molecule is CCN1CCN(C(=O)c2cnc3sc(N4CCCC4)nn3c2=O)CC1.